The number of nitrogens with zero attached hydrogens (tertiary/aromatic N) is 1. The zero-order chi connectivity index (χ0) is 18.7. The molecule has 1 amide bonds. The van der Waals surface area contributed by atoms with E-state index in [1.807, 2.05) is 12.1 Å². The number of non-ortho nitro benzene ring substituents is 1. The lowest BCUT2D eigenvalue weighted by atomic mass is 10.2. The summed E-state index contributed by atoms with van der Waals surface area (Å²) in [5, 5.41) is 13.3. The Morgan fingerprint density at radius 3 is 2.69 bits per heavy atom. The molecule has 0 saturated carbocycles. The van der Waals surface area contributed by atoms with Gasteiger partial charge in [0.2, 0.25) is 5.91 Å². The molecule has 7 nitrogen and oxygen atoms in total. The van der Waals surface area contributed by atoms with Crippen LogP contribution in [-0.2, 0) is 4.79 Å². The summed E-state index contributed by atoms with van der Waals surface area (Å²) in [6.45, 7) is 2.74. The molecule has 3 rings (SSSR count). The van der Waals surface area contributed by atoms with Crippen molar-refractivity contribution in [3.8, 4) is 11.5 Å². The predicted octanol–water partition coefficient (Wildman–Crippen LogP) is 4.14. The molecule has 0 saturated heterocycles. The fraction of sp³-hybridized carbons (Fsp3) is 0.235. The van der Waals surface area contributed by atoms with E-state index in [4.69, 9.17) is 21.1 Å². The van der Waals surface area contributed by atoms with E-state index in [1.165, 1.54) is 30.0 Å². The van der Waals surface area contributed by atoms with Crippen LogP contribution in [0.4, 0.5) is 11.4 Å². The van der Waals surface area contributed by atoms with Crippen molar-refractivity contribution >= 4 is 40.6 Å². The van der Waals surface area contributed by atoms with Crippen molar-refractivity contribution in [1.29, 1.82) is 0 Å². The monoisotopic (exact) mass is 394 g/mol. The molecule has 2 aromatic rings. The molecule has 1 heterocycles. The minimum atomic E-state index is -0.542. The maximum absolute atomic E-state index is 12.4. The van der Waals surface area contributed by atoms with Crippen molar-refractivity contribution in [3.63, 3.8) is 0 Å². The second kappa shape index (κ2) is 7.84. The molecule has 0 bridgehead atoms. The number of halogens is 1. The second-order valence-corrected chi connectivity index (χ2v) is 7.30. The number of hydrogen-bond donors (Lipinski definition) is 1. The maximum Gasteiger partial charge on any atom is 0.271 e. The molecule has 1 aliphatic heterocycles. The smallest absolute Gasteiger partial charge is 0.271 e. The van der Waals surface area contributed by atoms with Crippen LogP contribution in [0.3, 0.4) is 0 Å². The molecule has 0 fully saturated rings. The van der Waals surface area contributed by atoms with Gasteiger partial charge in [-0.05, 0) is 31.2 Å². The topological polar surface area (TPSA) is 90.7 Å². The summed E-state index contributed by atoms with van der Waals surface area (Å²) in [7, 11) is 0. The summed E-state index contributed by atoms with van der Waals surface area (Å²) in [6.07, 6.45) is 0. The van der Waals surface area contributed by atoms with E-state index in [1.54, 1.807) is 13.0 Å². The Morgan fingerprint density at radius 2 is 1.96 bits per heavy atom. The van der Waals surface area contributed by atoms with Crippen molar-refractivity contribution in [2.24, 2.45) is 0 Å². The van der Waals surface area contributed by atoms with Crippen molar-refractivity contribution in [3.05, 3.63) is 51.5 Å². The Labute approximate surface area is 158 Å². The molecule has 26 heavy (non-hydrogen) atoms. The minimum Gasteiger partial charge on any atom is -0.486 e. The number of fused-ring (bicyclic) bond motifs is 1. The third kappa shape index (κ3) is 4.20. The van der Waals surface area contributed by atoms with Gasteiger partial charge in [-0.25, -0.2) is 0 Å². The summed E-state index contributed by atoms with van der Waals surface area (Å²) in [4.78, 5) is 23.6. The van der Waals surface area contributed by atoms with Crippen LogP contribution in [-0.4, -0.2) is 29.3 Å². The molecule has 1 atom stereocenters. The number of hydrogen-bond acceptors (Lipinski definition) is 6. The van der Waals surface area contributed by atoms with Crippen LogP contribution in [0.15, 0.2) is 41.3 Å². The zero-order valence-corrected chi connectivity index (χ0v) is 15.3. The third-order valence-corrected chi connectivity index (χ3v) is 5.04. The maximum atomic E-state index is 12.4. The Balaban J connectivity index is 1.68. The molecule has 9 heteroatoms. The molecule has 2 aromatic carbocycles. The van der Waals surface area contributed by atoms with Crippen LogP contribution in [0.25, 0.3) is 0 Å². The molecule has 0 unspecified atom stereocenters. The Hall–Kier alpha value is -2.45. The number of rotatable bonds is 5. The van der Waals surface area contributed by atoms with Gasteiger partial charge in [0.15, 0.2) is 11.5 Å². The molecule has 0 radical (unpaired) electrons. The zero-order valence-electron chi connectivity index (χ0n) is 13.7. The van der Waals surface area contributed by atoms with Crippen LogP contribution < -0.4 is 14.8 Å². The largest absolute Gasteiger partial charge is 0.486 e. The highest BCUT2D eigenvalue weighted by molar-refractivity contribution is 8.00. The summed E-state index contributed by atoms with van der Waals surface area (Å²) < 4.78 is 11.0. The number of carbonyl (C=O) groups excluding carboxylic acids is 1. The normalized spacial score (nSPS) is 13.8. The number of carbonyl (C=O) groups is 1. The third-order valence-electron chi connectivity index (χ3n) is 3.61. The lowest BCUT2D eigenvalue weighted by Gasteiger charge is -2.19. The fourth-order valence-corrected chi connectivity index (χ4v) is 3.37. The van der Waals surface area contributed by atoms with Crippen molar-refractivity contribution in [1.82, 2.24) is 0 Å². The lowest BCUT2D eigenvalue weighted by molar-refractivity contribution is -0.384. The number of nitro groups is 1. The van der Waals surface area contributed by atoms with E-state index >= 15 is 0 Å². The molecule has 1 N–H and O–H groups in total. The Kier molecular flexibility index (Phi) is 5.53. The van der Waals surface area contributed by atoms with Crippen molar-refractivity contribution in [2.45, 2.75) is 17.1 Å². The molecular formula is C17H15ClN2O5S. The van der Waals surface area contributed by atoms with Crippen LogP contribution >= 0.6 is 23.4 Å². The lowest BCUT2D eigenvalue weighted by Crippen LogP contribution is -2.22. The van der Waals surface area contributed by atoms with Crippen molar-refractivity contribution in [2.75, 3.05) is 18.5 Å². The van der Waals surface area contributed by atoms with Gasteiger partial charge in [0.05, 0.1) is 20.9 Å². The standard InChI is InChI=1S/C17H15ClN2O5S/c1-10(26-12-3-5-15-16(9-12)25-7-6-24-15)17(21)19-14-8-11(20(22)23)2-4-13(14)18/h2-5,8-10H,6-7H2,1H3,(H,19,21)/t10-/m0/s1. The first-order chi connectivity index (χ1) is 12.4. The molecule has 136 valence electrons. The average molecular weight is 395 g/mol. The van der Waals surface area contributed by atoms with Crippen molar-refractivity contribution < 1.29 is 19.2 Å². The predicted molar refractivity (Wildman–Crippen MR) is 99.5 cm³/mol. The van der Waals surface area contributed by atoms with E-state index in [0.717, 1.165) is 4.90 Å². The molecule has 0 aromatic heterocycles. The van der Waals surface area contributed by atoms with Gasteiger partial charge in [0.1, 0.15) is 13.2 Å². The number of thioether (sulfide) groups is 1. The first-order valence-corrected chi connectivity index (χ1v) is 9.01. The Bertz CT molecular complexity index is 861. The van der Waals surface area contributed by atoms with Gasteiger partial charge in [0.25, 0.3) is 5.69 Å². The summed E-state index contributed by atoms with van der Waals surface area (Å²) in [5.74, 6) is 1.02. The molecular weight excluding hydrogens is 380 g/mol. The van der Waals surface area contributed by atoms with E-state index in [-0.39, 0.29) is 22.3 Å². The summed E-state index contributed by atoms with van der Waals surface area (Å²) in [5.41, 5.74) is 0.0670. The van der Waals surface area contributed by atoms with Crippen LogP contribution in [0.5, 0.6) is 11.5 Å². The highest BCUT2D eigenvalue weighted by atomic mass is 35.5. The van der Waals surface area contributed by atoms with Gasteiger partial charge >= 0.3 is 0 Å². The van der Waals surface area contributed by atoms with E-state index < -0.39 is 10.2 Å². The average Bonchev–Trinajstić information content (AvgIpc) is 2.63. The number of ether oxygens (including phenoxy) is 2. The fourth-order valence-electron chi connectivity index (χ4n) is 2.31. The van der Waals surface area contributed by atoms with Gasteiger partial charge < -0.3 is 14.8 Å². The first-order valence-electron chi connectivity index (χ1n) is 7.75. The number of anilines is 1. The van der Waals surface area contributed by atoms with E-state index in [9.17, 15) is 14.9 Å². The molecule has 0 aliphatic carbocycles. The van der Waals surface area contributed by atoms with Gasteiger partial charge in [0, 0.05) is 17.0 Å². The van der Waals surface area contributed by atoms with Gasteiger partial charge in [-0.2, -0.15) is 0 Å². The van der Waals surface area contributed by atoms with Crippen LogP contribution in [0.1, 0.15) is 6.92 Å². The van der Waals surface area contributed by atoms with Gasteiger partial charge in [-0.15, -0.1) is 11.8 Å². The van der Waals surface area contributed by atoms with Gasteiger partial charge in [-0.3, -0.25) is 14.9 Å². The van der Waals surface area contributed by atoms with E-state index in [0.29, 0.717) is 24.7 Å². The summed E-state index contributed by atoms with van der Waals surface area (Å²) in [6, 6.07) is 9.38. The summed E-state index contributed by atoms with van der Waals surface area (Å²) >= 11 is 7.35. The number of nitro benzene ring substituents is 1. The SMILES string of the molecule is C[C@H](Sc1ccc2c(c1)OCCO2)C(=O)Nc1cc([N+](=O)[O-])ccc1Cl. The van der Waals surface area contributed by atoms with Gasteiger partial charge in [-0.1, -0.05) is 11.6 Å². The van der Waals surface area contributed by atoms with Crippen LogP contribution in [0, 0.1) is 10.1 Å². The van der Waals surface area contributed by atoms with E-state index in [2.05, 4.69) is 5.32 Å². The second-order valence-electron chi connectivity index (χ2n) is 5.48. The molecule has 0 spiro atoms. The number of amides is 1. The highest BCUT2D eigenvalue weighted by Crippen LogP contribution is 2.36. The number of nitrogens with one attached hydrogen (secondary N) is 1. The Morgan fingerprint density at radius 1 is 1.23 bits per heavy atom. The highest BCUT2D eigenvalue weighted by Gasteiger charge is 2.19. The molecule has 1 aliphatic rings. The quantitative estimate of drug-likeness (QED) is 0.465. The minimum absolute atomic E-state index is 0.142. The van der Waals surface area contributed by atoms with Crippen LogP contribution in [0.2, 0.25) is 5.02 Å². The first kappa shape index (κ1) is 18.3. The number of benzene rings is 2.